The fraction of sp³-hybridized carbons (Fsp3) is 0.481. The molecule has 2 aliphatic rings. The third kappa shape index (κ3) is 5.63. The van der Waals surface area contributed by atoms with Gasteiger partial charge >= 0.3 is 5.97 Å². The van der Waals surface area contributed by atoms with Crippen molar-refractivity contribution in [2.45, 2.75) is 45.4 Å². The monoisotopic (exact) mass is 478 g/mol. The van der Waals surface area contributed by atoms with Crippen LogP contribution < -0.4 is 10.2 Å². The van der Waals surface area contributed by atoms with Crippen LogP contribution in [0.15, 0.2) is 42.6 Å². The molecular weight excluding hydrogens is 444 g/mol. The third-order valence-corrected chi connectivity index (χ3v) is 7.06. The van der Waals surface area contributed by atoms with Gasteiger partial charge in [0.2, 0.25) is 5.91 Å². The van der Waals surface area contributed by atoms with Gasteiger partial charge in [0.15, 0.2) is 0 Å². The molecule has 1 aliphatic heterocycles. The number of aromatic nitrogens is 1. The van der Waals surface area contributed by atoms with Crippen molar-refractivity contribution in [1.82, 2.24) is 9.88 Å². The summed E-state index contributed by atoms with van der Waals surface area (Å²) in [5, 5.41) is 12.3. The maximum absolute atomic E-state index is 12.9. The molecule has 4 rings (SSSR count). The van der Waals surface area contributed by atoms with E-state index in [-0.39, 0.29) is 17.2 Å². The second-order valence-corrected chi connectivity index (χ2v) is 10.5. The van der Waals surface area contributed by atoms with Crippen LogP contribution in [-0.2, 0) is 15.0 Å². The van der Waals surface area contributed by atoms with Crippen molar-refractivity contribution in [2.75, 3.05) is 36.4 Å². The molecule has 1 saturated carbocycles. The van der Waals surface area contributed by atoms with Gasteiger partial charge in [-0.15, -0.1) is 0 Å². The van der Waals surface area contributed by atoms with Gasteiger partial charge < -0.3 is 20.2 Å². The Kier molecular flexibility index (Phi) is 7.10. The molecule has 0 bridgehead atoms. The number of aliphatic carboxylic acids is 1. The zero-order valence-electron chi connectivity index (χ0n) is 20.7. The summed E-state index contributed by atoms with van der Waals surface area (Å²) in [4.78, 5) is 45.4. The summed E-state index contributed by atoms with van der Waals surface area (Å²) in [5.41, 5.74) is 2.37. The van der Waals surface area contributed by atoms with Crippen molar-refractivity contribution in [3.63, 3.8) is 0 Å². The number of rotatable bonds is 5. The molecule has 1 aromatic heterocycles. The molecule has 35 heavy (non-hydrogen) atoms. The van der Waals surface area contributed by atoms with Gasteiger partial charge in [-0.25, -0.2) is 4.98 Å². The largest absolute Gasteiger partial charge is 0.481 e. The van der Waals surface area contributed by atoms with Gasteiger partial charge in [0.25, 0.3) is 5.91 Å². The Morgan fingerprint density at radius 1 is 1.00 bits per heavy atom. The number of carboxylic acids is 1. The van der Waals surface area contributed by atoms with Crippen molar-refractivity contribution in [2.24, 2.45) is 11.8 Å². The summed E-state index contributed by atoms with van der Waals surface area (Å²) in [6.07, 6.45) is 3.60. The number of anilines is 2. The van der Waals surface area contributed by atoms with Crippen LogP contribution in [0.1, 0.15) is 56.0 Å². The van der Waals surface area contributed by atoms with Crippen LogP contribution in [0.5, 0.6) is 0 Å². The Balaban J connectivity index is 1.33. The van der Waals surface area contributed by atoms with Crippen molar-refractivity contribution >= 4 is 29.3 Å². The molecule has 2 fully saturated rings. The van der Waals surface area contributed by atoms with Crippen molar-refractivity contribution in [3.8, 4) is 0 Å². The zero-order chi connectivity index (χ0) is 25.2. The van der Waals surface area contributed by atoms with Crippen LogP contribution in [0.2, 0.25) is 0 Å². The molecule has 186 valence electrons. The topological polar surface area (TPSA) is 103 Å². The number of benzene rings is 1. The normalized spacial score (nSPS) is 20.5. The van der Waals surface area contributed by atoms with E-state index in [0.29, 0.717) is 44.6 Å². The van der Waals surface area contributed by atoms with Gasteiger partial charge in [-0.05, 0) is 48.1 Å². The Bertz CT molecular complexity index is 1090. The van der Waals surface area contributed by atoms with E-state index in [2.05, 4.69) is 42.0 Å². The predicted octanol–water partition coefficient (Wildman–Crippen LogP) is 3.78. The predicted molar refractivity (Wildman–Crippen MR) is 135 cm³/mol. The van der Waals surface area contributed by atoms with E-state index in [0.717, 1.165) is 23.5 Å². The molecule has 1 aromatic carbocycles. The molecule has 2 aromatic rings. The van der Waals surface area contributed by atoms with Crippen LogP contribution in [0.25, 0.3) is 0 Å². The average Bonchev–Trinajstić information content (AvgIpc) is 3.34. The zero-order valence-corrected chi connectivity index (χ0v) is 20.7. The number of carboxylic acid groups (broad SMARTS) is 1. The maximum atomic E-state index is 12.9. The van der Waals surface area contributed by atoms with E-state index >= 15 is 0 Å². The Labute approximate surface area is 206 Å². The smallest absolute Gasteiger partial charge is 0.307 e. The number of hydrogen-bond acceptors (Lipinski definition) is 5. The van der Waals surface area contributed by atoms with Crippen LogP contribution >= 0.6 is 0 Å². The Morgan fingerprint density at radius 3 is 2.34 bits per heavy atom. The number of carbonyl (C=O) groups is 3. The number of nitrogens with one attached hydrogen (secondary N) is 1. The molecule has 1 aliphatic carbocycles. The minimum atomic E-state index is -0.866. The summed E-state index contributed by atoms with van der Waals surface area (Å²) in [6.45, 7) is 8.71. The lowest BCUT2D eigenvalue weighted by atomic mass is 9.87. The molecule has 0 spiro atoms. The molecule has 2 N–H and O–H groups in total. The van der Waals surface area contributed by atoms with Gasteiger partial charge in [0, 0.05) is 38.1 Å². The van der Waals surface area contributed by atoms with Gasteiger partial charge in [0.05, 0.1) is 17.4 Å². The minimum absolute atomic E-state index is 0.00631. The van der Waals surface area contributed by atoms with Crippen molar-refractivity contribution in [3.05, 3.63) is 53.7 Å². The molecule has 8 heteroatoms. The maximum Gasteiger partial charge on any atom is 0.307 e. The average molecular weight is 479 g/mol. The molecule has 0 unspecified atom stereocenters. The highest BCUT2D eigenvalue weighted by molar-refractivity contribution is 6.04. The fourth-order valence-corrected chi connectivity index (χ4v) is 4.92. The second-order valence-electron chi connectivity index (χ2n) is 10.5. The molecule has 2 amide bonds. The van der Waals surface area contributed by atoms with E-state index in [9.17, 15) is 19.5 Å². The Hall–Kier alpha value is -3.42. The summed E-state index contributed by atoms with van der Waals surface area (Å²) >= 11 is 0. The van der Waals surface area contributed by atoms with Gasteiger partial charge in [-0.2, -0.15) is 0 Å². The standard InChI is InChI=1S/C27H34N4O4/c1-27(2,3)19-6-4-7-20(16-19)29-24(32)18-10-11-23(28-17-18)30-12-14-31(15-13-30)25(33)21-8-5-9-22(21)26(34)35/h4,6-7,10-11,16-17,21-22H,5,8-9,12-15H2,1-3H3,(H,29,32)(H,34,35)/t21-,22-/m0/s1. The molecule has 2 atom stereocenters. The summed E-state index contributed by atoms with van der Waals surface area (Å²) in [6, 6.07) is 11.5. The number of pyridine rings is 1. The first-order valence-electron chi connectivity index (χ1n) is 12.3. The van der Waals surface area contributed by atoms with Crippen LogP contribution in [-0.4, -0.2) is 59.0 Å². The van der Waals surface area contributed by atoms with Crippen molar-refractivity contribution < 1.29 is 19.5 Å². The van der Waals surface area contributed by atoms with E-state index in [4.69, 9.17) is 0 Å². The van der Waals surface area contributed by atoms with Crippen molar-refractivity contribution in [1.29, 1.82) is 0 Å². The molecule has 0 radical (unpaired) electrons. The fourth-order valence-electron chi connectivity index (χ4n) is 4.92. The summed E-state index contributed by atoms with van der Waals surface area (Å²) in [5.74, 6) is -1.32. The first kappa shape index (κ1) is 24.7. The van der Waals surface area contributed by atoms with Gasteiger partial charge in [0.1, 0.15) is 5.82 Å². The van der Waals surface area contributed by atoms with E-state index in [1.54, 1.807) is 17.2 Å². The molecule has 1 saturated heterocycles. The highest BCUT2D eigenvalue weighted by atomic mass is 16.4. The number of carbonyl (C=O) groups excluding carboxylic acids is 2. The lowest BCUT2D eigenvalue weighted by Crippen LogP contribution is -2.51. The SMILES string of the molecule is CC(C)(C)c1cccc(NC(=O)c2ccc(N3CCN(C(=O)[C@H]4CCC[C@@H]4C(=O)O)CC3)nc2)c1. The number of piperazine rings is 1. The van der Waals surface area contributed by atoms with Gasteiger partial charge in [-0.1, -0.05) is 39.3 Å². The number of amides is 2. The lowest BCUT2D eigenvalue weighted by Gasteiger charge is -2.37. The van der Waals surface area contributed by atoms with E-state index in [1.165, 1.54) is 0 Å². The first-order chi connectivity index (χ1) is 16.6. The van der Waals surface area contributed by atoms with E-state index in [1.807, 2.05) is 24.3 Å². The van der Waals surface area contributed by atoms with Crippen LogP contribution in [0.3, 0.4) is 0 Å². The summed E-state index contributed by atoms with van der Waals surface area (Å²) < 4.78 is 0. The van der Waals surface area contributed by atoms with Crippen LogP contribution in [0.4, 0.5) is 11.5 Å². The lowest BCUT2D eigenvalue weighted by molar-refractivity contribution is -0.149. The first-order valence-corrected chi connectivity index (χ1v) is 12.3. The number of hydrogen-bond donors (Lipinski definition) is 2. The molecule has 8 nitrogen and oxygen atoms in total. The third-order valence-electron chi connectivity index (χ3n) is 7.06. The second kappa shape index (κ2) is 10.1. The highest BCUT2D eigenvalue weighted by Crippen LogP contribution is 2.33. The van der Waals surface area contributed by atoms with Crippen LogP contribution in [0, 0.1) is 11.8 Å². The minimum Gasteiger partial charge on any atom is -0.481 e. The highest BCUT2D eigenvalue weighted by Gasteiger charge is 2.40. The summed E-state index contributed by atoms with van der Waals surface area (Å²) in [7, 11) is 0. The van der Waals surface area contributed by atoms with E-state index < -0.39 is 17.8 Å². The molecule has 2 heterocycles. The molecular formula is C27H34N4O4. The quantitative estimate of drug-likeness (QED) is 0.678. The number of nitrogens with zero attached hydrogens (tertiary/aromatic N) is 3. The Morgan fingerprint density at radius 2 is 1.71 bits per heavy atom. The van der Waals surface area contributed by atoms with Gasteiger partial charge in [-0.3, -0.25) is 14.4 Å².